The molecule has 2 N–H and O–H groups in total. The predicted molar refractivity (Wildman–Crippen MR) is 88.8 cm³/mol. The van der Waals surface area contributed by atoms with Crippen molar-refractivity contribution in [3.8, 4) is 0 Å². The van der Waals surface area contributed by atoms with E-state index in [4.69, 9.17) is 11.6 Å². The topological polar surface area (TPSA) is 58.2 Å². The lowest BCUT2D eigenvalue weighted by atomic mass is 10.0. The third-order valence-corrected chi connectivity index (χ3v) is 3.22. The fraction of sp³-hybridized carbons (Fsp3) is 0.500. The number of benzene rings is 1. The van der Waals surface area contributed by atoms with Gasteiger partial charge < -0.3 is 5.32 Å². The molecule has 5 heteroatoms. The smallest absolute Gasteiger partial charge is 0.226 e. The highest BCUT2D eigenvalue weighted by Crippen LogP contribution is 2.26. The van der Waals surface area contributed by atoms with Crippen LogP contribution in [0.25, 0.3) is 0 Å². The zero-order valence-electron chi connectivity index (χ0n) is 13.2. The molecule has 0 atom stereocenters. The molecular formula is C16H25ClN2O2. The summed E-state index contributed by atoms with van der Waals surface area (Å²) in [5.41, 5.74) is 2.26. The highest BCUT2D eigenvalue weighted by molar-refractivity contribution is 6.31. The number of halogens is 1. The summed E-state index contributed by atoms with van der Waals surface area (Å²) in [6, 6.07) is 6.07. The molecule has 2 amide bonds. The molecule has 0 spiro atoms. The zero-order chi connectivity index (χ0) is 16.3. The number of unbranched alkanes of at least 4 members (excludes halogenated alkanes) is 1. The number of nitrogens with one attached hydrogen (secondary N) is 2. The molecule has 1 aromatic rings. The molecule has 1 rings (SSSR count). The van der Waals surface area contributed by atoms with Crippen molar-refractivity contribution in [3.05, 3.63) is 28.8 Å². The van der Waals surface area contributed by atoms with Gasteiger partial charge in [-0.3, -0.25) is 14.9 Å². The van der Waals surface area contributed by atoms with Crippen LogP contribution in [0.3, 0.4) is 0 Å². The second-order valence-corrected chi connectivity index (χ2v) is 5.34. The minimum absolute atomic E-state index is 0.188. The summed E-state index contributed by atoms with van der Waals surface area (Å²) in [5.74, 6) is 0.301. The average Bonchev–Trinajstić information content (AvgIpc) is 2.45. The van der Waals surface area contributed by atoms with Crippen LogP contribution in [0, 0.1) is 0 Å². The van der Waals surface area contributed by atoms with Gasteiger partial charge in [0, 0.05) is 24.2 Å². The molecule has 0 saturated heterocycles. The molecule has 0 bridgehead atoms. The summed E-state index contributed by atoms with van der Waals surface area (Å²) in [6.07, 6.45) is 2.69. The molecule has 0 aromatic heterocycles. The molecule has 0 aliphatic heterocycles. The Hall–Kier alpha value is -1.55. The largest absolute Gasteiger partial charge is 0.388 e. The standard InChI is InChI=1S/C10H14ClN.C6H11NO2/c1-7(2)9-5-4-8(12-3)6-10(9)11;1-2-3-4-6(9)7-5-8/h4-7,12H,1-3H3;5H,2-4H2,1H3,(H,7,8,9). The molecule has 0 unspecified atom stereocenters. The first-order chi connectivity index (χ1) is 9.96. The number of anilines is 1. The first-order valence-electron chi connectivity index (χ1n) is 7.16. The zero-order valence-corrected chi connectivity index (χ0v) is 14.0. The van der Waals surface area contributed by atoms with Crippen LogP contribution < -0.4 is 10.6 Å². The molecular weight excluding hydrogens is 288 g/mol. The molecule has 21 heavy (non-hydrogen) atoms. The summed E-state index contributed by atoms with van der Waals surface area (Å²) in [5, 5.41) is 5.95. The second-order valence-electron chi connectivity index (χ2n) is 4.93. The van der Waals surface area contributed by atoms with Gasteiger partial charge in [0.2, 0.25) is 12.3 Å². The van der Waals surface area contributed by atoms with E-state index in [1.54, 1.807) is 0 Å². The monoisotopic (exact) mass is 312 g/mol. The van der Waals surface area contributed by atoms with Gasteiger partial charge in [0.1, 0.15) is 0 Å². The van der Waals surface area contributed by atoms with Crippen molar-refractivity contribution in [2.75, 3.05) is 12.4 Å². The summed E-state index contributed by atoms with van der Waals surface area (Å²) < 4.78 is 0. The van der Waals surface area contributed by atoms with Gasteiger partial charge in [-0.1, -0.05) is 44.9 Å². The quantitative estimate of drug-likeness (QED) is 0.782. The highest BCUT2D eigenvalue weighted by atomic mass is 35.5. The van der Waals surface area contributed by atoms with Gasteiger partial charge in [-0.25, -0.2) is 0 Å². The lowest BCUT2D eigenvalue weighted by molar-refractivity contribution is -0.125. The summed E-state index contributed by atoms with van der Waals surface area (Å²) in [4.78, 5) is 20.1. The van der Waals surface area contributed by atoms with E-state index in [-0.39, 0.29) is 5.91 Å². The minimum atomic E-state index is -0.188. The van der Waals surface area contributed by atoms with Crippen molar-refractivity contribution in [2.45, 2.75) is 46.0 Å². The van der Waals surface area contributed by atoms with Crippen LogP contribution in [0.1, 0.15) is 51.5 Å². The van der Waals surface area contributed by atoms with Crippen LogP contribution in [0.15, 0.2) is 18.2 Å². The van der Waals surface area contributed by atoms with Crippen LogP contribution in [-0.2, 0) is 9.59 Å². The fourth-order valence-corrected chi connectivity index (χ4v) is 2.02. The first kappa shape index (κ1) is 19.4. The Bertz CT molecular complexity index is 448. The average molecular weight is 313 g/mol. The second kappa shape index (κ2) is 11.1. The Morgan fingerprint density at radius 2 is 2.05 bits per heavy atom. The van der Waals surface area contributed by atoms with Gasteiger partial charge in [-0.15, -0.1) is 0 Å². The minimum Gasteiger partial charge on any atom is -0.388 e. The Labute approximate surface area is 132 Å². The van der Waals surface area contributed by atoms with Gasteiger partial charge in [0.25, 0.3) is 0 Å². The normalized spacial score (nSPS) is 9.62. The molecule has 4 nitrogen and oxygen atoms in total. The van der Waals surface area contributed by atoms with E-state index in [1.807, 2.05) is 26.1 Å². The number of hydrogen-bond acceptors (Lipinski definition) is 3. The lowest BCUT2D eigenvalue weighted by Crippen LogP contribution is -2.20. The van der Waals surface area contributed by atoms with Gasteiger partial charge >= 0.3 is 0 Å². The van der Waals surface area contributed by atoms with E-state index in [0.29, 0.717) is 18.7 Å². The molecule has 0 fully saturated rings. The van der Waals surface area contributed by atoms with Gasteiger partial charge in [-0.2, -0.15) is 0 Å². The number of imide groups is 1. The van der Waals surface area contributed by atoms with Crippen molar-refractivity contribution >= 4 is 29.6 Å². The maximum absolute atomic E-state index is 10.5. The van der Waals surface area contributed by atoms with Crippen molar-refractivity contribution in [3.63, 3.8) is 0 Å². The number of amides is 2. The van der Waals surface area contributed by atoms with Crippen LogP contribution in [-0.4, -0.2) is 19.4 Å². The number of carbonyl (C=O) groups excluding carboxylic acids is 2. The van der Waals surface area contributed by atoms with Crippen LogP contribution >= 0.6 is 11.6 Å². The van der Waals surface area contributed by atoms with Crippen LogP contribution in [0.5, 0.6) is 0 Å². The molecule has 1 aromatic carbocycles. The third kappa shape index (κ3) is 8.35. The summed E-state index contributed by atoms with van der Waals surface area (Å²) in [6.45, 7) is 6.27. The van der Waals surface area contributed by atoms with E-state index < -0.39 is 0 Å². The Kier molecular flexibility index (Phi) is 10.3. The van der Waals surface area contributed by atoms with Gasteiger partial charge in [-0.05, 0) is 30.0 Å². The van der Waals surface area contributed by atoms with Gasteiger partial charge in [0.15, 0.2) is 0 Å². The van der Waals surface area contributed by atoms with Crippen LogP contribution in [0.2, 0.25) is 5.02 Å². The molecule has 0 heterocycles. The maximum Gasteiger partial charge on any atom is 0.226 e. The van der Waals surface area contributed by atoms with E-state index >= 15 is 0 Å². The molecule has 118 valence electrons. The summed E-state index contributed by atoms with van der Waals surface area (Å²) in [7, 11) is 1.89. The lowest BCUT2D eigenvalue weighted by Gasteiger charge is -2.09. The molecule has 0 aliphatic rings. The number of rotatable bonds is 6. The van der Waals surface area contributed by atoms with Crippen molar-refractivity contribution in [1.29, 1.82) is 0 Å². The Balaban J connectivity index is 0.000000400. The van der Waals surface area contributed by atoms with Gasteiger partial charge in [0.05, 0.1) is 0 Å². The van der Waals surface area contributed by atoms with Crippen molar-refractivity contribution < 1.29 is 9.59 Å². The van der Waals surface area contributed by atoms with Crippen LogP contribution in [0.4, 0.5) is 5.69 Å². The Morgan fingerprint density at radius 3 is 2.48 bits per heavy atom. The maximum atomic E-state index is 10.5. The van der Waals surface area contributed by atoms with E-state index in [9.17, 15) is 9.59 Å². The number of hydrogen-bond donors (Lipinski definition) is 2. The highest BCUT2D eigenvalue weighted by Gasteiger charge is 2.04. The van der Waals surface area contributed by atoms with E-state index in [1.165, 1.54) is 5.56 Å². The SMILES string of the molecule is CCCCC(=O)NC=O.CNc1ccc(C(C)C)c(Cl)c1. The van der Waals surface area contributed by atoms with E-state index in [0.717, 1.165) is 23.6 Å². The van der Waals surface area contributed by atoms with Crippen molar-refractivity contribution in [2.24, 2.45) is 0 Å². The molecule has 0 radical (unpaired) electrons. The molecule has 0 aliphatic carbocycles. The number of carbonyl (C=O) groups is 2. The Morgan fingerprint density at radius 1 is 1.38 bits per heavy atom. The predicted octanol–water partition coefficient (Wildman–Crippen LogP) is 3.95. The first-order valence-corrected chi connectivity index (χ1v) is 7.54. The fourth-order valence-electron chi connectivity index (χ4n) is 1.63. The third-order valence-electron chi connectivity index (χ3n) is 2.89. The molecule has 0 saturated carbocycles. The van der Waals surface area contributed by atoms with E-state index in [2.05, 4.69) is 30.5 Å². The summed E-state index contributed by atoms with van der Waals surface area (Å²) >= 11 is 6.06. The van der Waals surface area contributed by atoms with Crippen molar-refractivity contribution in [1.82, 2.24) is 5.32 Å².